The van der Waals surface area contributed by atoms with Crippen molar-refractivity contribution < 1.29 is 9.59 Å². The molecule has 18 heavy (non-hydrogen) atoms. The van der Waals surface area contributed by atoms with Crippen LogP contribution in [0.4, 0.5) is 0 Å². The Morgan fingerprint density at radius 2 is 1.67 bits per heavy atom. The third-order valence-electron chi connectivity index (χ3n) is 3.61. The van der Waals surface area contributed by atoms with Gasteiger partial charge in [-0.3, -0.25) is 9.59 Å². The first-order chi connectivity index (χ1) is 8.38. The van der Waals surface area contributed by atoms with Crippen LogP contribution >= 0.6 is 0 Å². The van der Waals surface area contributed by atoms with Crippen molar-refractivity contribution in [3.63, 3.8) is 0 Å². The molecule has 2 amide bonds. The van der Waals surface area contributed by atoms with Gasteiger partial charge in [-0.2, -0.15) is 0 Å². The maximum Gasteiger partial charge on any atom is 0.226 e. The average molecular weight is 252 g/mol. The molecule has 0 spiro atoms. The average Bonchev–Trinajstić information content (AvgIpc) is 3.07. The lowest BCUT2D eigenvalue weighted by molar-refractivity contribution is -0.135. The number of amides is 2. The van der Waals surface area contributed by atoms with Crippen LogP contribution in [-0.4, -0.2) is 35.3 Å². The summed E-state index contributed by atoms with van der Waals surface area (Å²) in [7, 11) is 0. The number of rotatable bonds is 2. The highest BCUT2D eigenvalue weighted by atomic mass is 16.2. The number of nitrogens with zero attached hydrogens (tertiary/aromatic N) is 1. The molecule has 1 aliphatic heterocycles. The van der Waals surface area contributed by atoms with Gasteiger partial charge in [-0.25, -0.2) is 0 Å². The Kier molecular flexibility index (Phi) is 3.64. The molecule has 2 atom stereocenters. The lowest BCUT2D eigenvalue weighted by Gasteiger charge is -2.27. The quantitative estimate of drug-likeness (QED) is 0.810. The van der Waals surface area contributed by atoms with E-state index in [9.17, 15) is 9.59 Å². The van der Waals surface area contributed by atoms with Gasteiger partial charge in [-0.05, 0) is 46.5 Å². The van der Waals surface area contributed by atoms with E-state index in [4.69, 9.17) is 0 Å². The van der Waals surface area contributed by atoms with Gasteiger partial charge in [0.15, 0.2) is 0 Å². The minimum Gasteiger partial charge on any atom is -0.351 e. The lowest BCUT2D eigenvalue weighted by atomic mass is 10.1. The summed E-state index contributed by atoms with van der Waals surface area (Å²) >= 11 is 0. The van der Waals surface area contributed by atoms with Crippen molar-refractivity contribution in [3.8, 4) is 0 Å². The minimum atomic E-state index is -0.210. The molecule has 1 N–H and O–H groups in total. The highest BCUT2D eigenvalue weighted by molar-refractivity contribution is 5.92. The fourth-order valence-corrected chi connectivity index (χ4v) is 2.57. The molecular weight excluding hydrogens is 228 g/mol. The van der Waals surface area contributed by atoms with Crippen molar-refractivity contribution in [2.75, 3.05) is 13.1 Å². The fourth-order valence-electron chi connectivity index (χ4n) is 2.57. The largest absolute Gasteiger partial charge is 0.351 e. The van der Waals surface area contributed by atoms with Crippen LogP contribution < -0.4 is 5.32 Å². The van der Waals surface area contributed by atoms with Crippen LogP contribution in [0.15, 0.2) is 0 Å². The van der Waals surface area contributed by atoms with E-state index in [1.54, 1.807) is 0 Å². The molecule has 2 rings (SSSR count). The van der Waals surface area contributed by atoms with Gasteiger partial charge in [0.2, 0.25) is 11.8 Å². The summed E-state index contributed by atoms with van der Waals surface area (Å²) in [5.74, 6) is 0.103. The van der Waals surface area contributed by atoms with E-state index in [-0.39, 0.29) is 29.2 Å². The number of piperidine rings is 1. The molecule has 2 aliphatic rings. The summed E-state index contributed by atoms with van der Waals surface area (Å²) in [6.07, 6.45) is 4.17. The molecule has 0 aromatic carbocycles. The SMILES string of the molecule is CC(C)(C)NC(=O)C1CC1C(=O)N1CCCCC1. The van der Waals surface area contributed by atoms with Gasteiger partial charge >= 0.3 is 0 Å². The number of nitrogens with one attached hydrogen (secondary N) is 1. The van der Waals surface area contributed by atoms with Crippen molar-refractivity contribution in [1.29, 1.82) is 0 Å². The molecule has 2 unspecified atom stereocenters. The van der Waals surface area contributed by atoms with E-state index in [0.717, 1.165) is 32.4 Å². The highest BCUT2D eigenvalue weighted by Gasteiger charge is 2.49. The van der Waals surface area contributed by atoms with Gasteiger partial charge in [0, 0.05) is 18.6 Å². The summed E-state index contributed by atoms with van der Waals surface area (Å²) in [5.41, 5.74) is -0.210. The number of hydrogen-bond donors (Lipinski definition) is 1. The van der Waals surface area contributed by atoms with Crippen LogP contribution in [-0.2, 0) is 9.59 Å². The van der Waals surface area contributed by atoms with Gasteiger partial charge in [-0.1, -0.05) is 0 Å². The normalized spacial score (nSPS) is 27.8. The van der Waals surface area contributed by atoms with E-state index in [1.165, 1.54) is 6.42 Å². The van der Waals surface area contributed by atoms with Crippen LogP contribution in [0.5, 0.6) is 0 Å². The van der Waals surface area contributed by atoms with Crippen LogP contribution in [0.25, 0.3) is 0 Å². The summed E-state index contributed by atoms with van der Waals surface area (Å²) in [4.78, 5) is 26.1. The Morgan fingerprint density at radius 3 is 2.22 bits per heavy atom. The van der Waals surface area contributed by atoms with Gasteiger partial charge in [0.25, 0.3) is 0 Å². The Hall–Kier alpha value is -1.06. The monoisotopic (exact) mass is 252 g/mol. The summed E-state index contributed by atoms with van der Waals surface area (Å²) in [5, 5.41) is 2.96. The van der Waals surface area contributed by atoms with Crippen molar-refractivity contribution in [1.82, 2.24) is 10.2 Å². The third-order valence-corrected chi connectivity index (χ3v) is 3.61. The Morgan fingerprint density at radius 1 is 1.06 bits per heavy atom. The predicted octanol–water partition coefficient (Wildman–Crippen LogP) is 1.55. The van der Waals surface area contributed by atoms with Crippen molar-refractivity contribution in [3.05, 3.63) is 0 Å². The molecule has 1 saturated carbocycles. The maximum atomic E-state index is 12.2. The molecule has 1 heterocycles. The van der Waals surface area contributed by atoms with Gasteiger partial charge < -0.3 is 10.2 Å². The van der Waals surface area contributed by atoms with E-state index >= 15 is 0 Å². The highest BCUT2D eigenvalue weighted by Crippen LogP contribution is 2.40. The Balaban J connectivity index is 1.83. The summed E-state index contributed by atoms with van der Waals surface area (Å²) < 4.78 is 0. The van der Waals surface area contributed by atoms with Crippen LogP contribution in [0.1, 0.15) is 46.5 Å². The van der Waals surface area contributed by atoms with Gasteiger partial charge in [0.1, 0.15) is 0 Å². The molecule has 1 aliphatic carbocycles. The molecule has 4 nitrogen and oxygen atoms in total. The molecule has 0 aromatic rings. The minimum absolute atomic E-state index is 0.0397. The van der Waals surface area contributed by atoms with E-state index < -0.39 is 0 Å². The van der Waals surface area contributed by atoms with Crippen LogP contribution in [0.2, 0.25) is 0 Å². The van der Waals surface area contributed by atoms with E-state index in [1.807, 2.05) is 25.7 Å². The molecule has 0 bridgehead atoms. The molecular formula is C14H24N2O2. The van der Waals surface area contributed by atoms with E-state index in [2.05, 4.69) is 5.32 Å². The van der Waals surface area contributed by atoms with Gasteiger partial charge in [-0.15, -0.1) is 0 Å². The van der Waals surface area contributed by atoms with E-state index in [0.29, 0.717) is 0 Å². The molecule has 1 saturated heterocycles. The maximum absolute atomic E-state index is 12.2. The van der Waals surface area contributed by atoms with Crippen LogP contribution in [0, 0.1) is 11.8 Å². The first kappa shape index (κ1) is 13.4. The van der Waals surface area contributed by atoms with Gasteiger partial charge in [0.05, 0.1) is 11.8 Å². The standard InChI is InChI=1S/C14H24N2O2/c1-14(2,3)15-12(17)10-9-11(10)13(18)16-7-5-4-6-8-16/h10-11H,4-9H2,1-3H3,(H,15,17). The second-order valence-corrected chi connectivity index (χ2v) is 6.57. The number of carbonyl (C=O) groups is 2. The van der Waals surface area contributed by atoms with Crippen LogP contribution in [0.3, 0.4) is 0 Å². The first-order valence-electron chi connectivity index (χ1n) is 6.99. The van der Waals surface area contributed by atoms with Crippen molar-refractivity contribution >= 4 is 11.8 Å². The molecule has 0 radical (unpaired) electrons. The third kappa shape index (κ3) is 3.24. The summed E-state index contributed by atoms with van der Waals surface area (Å²) in [6, 6.07) is 0. The molecule has 2 fully saturated rings. The Bertz CT molecular complexity index is 340. The molecule has 102 valence electrons. The number of carbonyl (C=O) groups excluding carboxylic acids is 2. The topological polar surface area (TPSA) is 49.4 Å². The number of hydrogen-bond acceptors (Lipinski definition) is 2. The molecule has 0 aromatic heterocycles. The zero-order valence-electron chi connectivity index (χ0n) is 11.7. The summed E-state index contributed by atoms with van der Waals surface area (Å²) in [6.45, 7) is 7.66. The molecule has 4 heteroatoms. The Labute approximate surface area is 109 Å². The zero-order chi connectivity index (χ0) is 13.3. The smallest absolute Gasteiger partial charge is 0.226 e. The zero-order valence-corrected chi connectivity index (χ0v) is 11.7. The first-order valence-corrected chi connectivity index (χ1v) is 6.99. The van der Waals surface area contributed by atoms with Crippen molar-refractivity contribution in [2.24, 2.45) is 11.8 Å². The second kappa shape index (κ2) is 4.90. The predicted molar refractivity (Wildman–Crippen MR) is 69.9 cm³/mol. The lowest BCUT2D eigenvalue weighted by Crippen LogP contribution is -2.43. The second-order valence-electron chi connectivity index (χ2n) is 6.57. The number of likely N-dealkylation sites (tertiary alicyclic amines) is 1. The fraction of sp³-hybridized carbons (Fsp3) is 0.857. The van der Waals surface area contributed by atoms with Crippen molar-refractivity contribution in [2.45, 2.75) is 52.0 Å².